The molecule has 0 aliphatic carbocycles. The fraction of sp³-hybridized carbons (Fsp3) is 0.750. The van der Waals surface area contributed by atoms with Crippen LogP contribution in [0.3, 0.4) is 0 Å². The molecular formula is C8H13N3O2. The molecule has 72 valence electrons. The third-order valence-electron chi connectivity index (χ3n) is 2.02. The smallest absolute Gasteiger partial charge is 0.324 e. The minimum absolute atomic E-state index is 0.166. The molecule has 0 unspecified atom stereocenters. The molecule has 5 nitrogen and oxygen atoms in total. The zero-order chi connectivity index (χ0) is 9.68. The Labute approximate surface area is 77.0 Å². The summed E-state index contributed by atoms with van der Waals surface area (Å²) in [6.07, 6.45) is 1.92. The summed E-state index contributed by atoms with van der Waals surface area (Å²) in [7, 11) is 0. The normalized spacial score (nSPS) is 22.6. The van der Waals surface area contributed by atoms with Crippen molar-refractivity contribution in [2.24, 2.45) is 5.84 Å². The van der Waals surface area contributed by atoms with Crippen LogP contribution in [0.2, 0.25) is 0 Å². The molecule has 1 atom stereocenters. The molecular weight excluding hydrogens is 170 g/mol. The van der Waals surface area contributed by atoms with Crippen LogP contribution in [-0.2, 0) is 9.53 Å². The van der Waals surface area contributed by atoms with E-state index in [1.54, 1.807) is 0 Å². The number of carbonyl (C=O) groups excluding carboxylic acids is 1. The second-order valence-electron chi connectivity index (χ2n) is 2.97. The number of rotatable bonds is 3. The van der Waals surface area contributed by atoms with Crippen LogP contribution in [0.25, 0.3) is 0 Å². The van der Waals surface area contributed by atoms with Crippen LogP contribution in [0.15, 0.2) is 0 Å². The monoisotopic (exact) mass is 183 g/mol. The molecule has 1 heterocycles. The second kappa shape index (κ2) is 4.80. The molecule has 0 bridgehead atoms. The van der Waals surface area contributed by atoms with Gasteiger partial charge in [-0.05, 0) is 12.8 Å². The van der Waals surface area contributed by atoms with Gasteiger partial charge in [-0.2, -0.15) is 5.26 Å². The van der Waals surface area contributed by atoms with Crippen molar-refractivity contribution < 1.29 is 9.53 Å². The molecule has 2 N–H and O–H groups in total. The van der Waals surface area contributed by atoms with Gasteiger partial charge in [0.05, 0.1) is 12.5 Å². The van der Waals surface area contributed by atoms with Crippen molar-refractivity contribution in [1.29, 1.82) is 5.26 Å². The lowest BCUT2D eigenvalue weighted by Gasteiger charge is -2.16. The van der Waals surface area contributed by atoms with E-state index in [1.165, 1.54) is 5.01 Å². The predicted molar refractivity (Wildman–Crippen MR) is 45.1 cm³/mol. The Bertz CT molecular complexity index is 224. The summed E-state index contributed by atoms with van der Waals surface area (Å²) in [6, 6.07) is 1.60. The quantitative estimate of drug-likeness (QED) is 0.372. The van der Waals surface area contributed by atoms with E-state index in [4.69, 9.17) is 15.8 Å². The number of hydrogen-bond donors (Lipinski definition) is 1. The molecule has 0 aromatic rings. The van der Waals surface area contributed by atoms with E-state index in [-0.39, 0.29) is 25.0 Å². The van der Waals surface area contributed by atoms with Crippen molar-refractivity contribution in [2.45, 2.75) is 25.3 Å². The first-order valence-electron chi connectivity index (χ1n) is 4.30. The van der Waals surface area contributed by atoms with Gasteiger partial charge in [0.25, 0.3) is 0 Å². The van der Waals surface area contributed by atoms with Crippen molar-refractivity contribution in [2.75, 3.05) is 13.2 Å². The Balaban J connectivity index is 2.27. The number of nitrogens with two attached hydrogens (primary N) is 1. The highest BCUT2D eigenvalue weighted by Gasteiger charge is 2.29. The second-order valence-corrected chi connectivity index (χ2v) is 2.97. The van der Waals surface area contributed by atoms with Gasteiger partial charge in [-0.25, -0.2) is 5.01 Å². The first-order chi connectivity index (χ1) is 6.25. The number of ether oxygens (including phenoxy) is 1. The Morgan fingerprint density at radius 1 is 1.77 bits per heavy atom. The maximum atomic E-state index is 11.3. The molecule has 1 saturated heterocycles. The Morgan fingerprint density at radius 3 is 3.08 bits per heavy atom. The Morgan fingerprint density at radius 2 is 2.54 bits per heavy atom. The van der Waals surface area contributed by atoms with Crippen LogP contribution in [0.1, 0.15) is 19.3 Å². The third-order valence-corrected chi connectivity index (χ3v) is 2.02. The van der Waals surface area contributed by atoms with Gasteiger partial charge < -0.3 is 4.74 Å². The lowest BCUT2D eigenvalue weighted by Crippen LogP contribution is -2.42. The Hall–Kier alpha value is -1.12. The number of esters is 1. The first kappa shape index (κ1) is 9.96. The van der Waals surface area contributed by atoms with Gasteiger partial charge in [-0.3, -0.25) is 10.6 Å². The zero-order valence-corrected chi connectivity index (χ0v) is 7.40. The molecule has 1 aliphatic heterocycles. The van der Waals surface area contributed by atoms with Crippen molar-refractivity contribution in [3.8, 4) is 6.07 Å². The molecule has 1 aliphatic rings. The highest BCUT2D eigenvalue weighted by Crippen LogP contribution is 2.14. The fourth-order valence-electron chi connectivity index (χ4n) is 1.34. The summed E-state index contributed by atoms with van der Waals surface area (Å²) in [5.74, 6) is 5.24. The molecule has 0 amide bonds. The number of hydrazine groups is 1. The van der Waals surface area contributed by atoms with Gasteiger partial charge in [0.1, 0.15) is 12.6 Å². The van der Waals surface area contributed by atoms with E-state index >= 15 is 0 Å². The summed E-state index contributed by atoms with van der Waals surface area (Å²) in [4.78, 5) is 11.3. The van der Waals surface area contributed by atoms with Gasteiger partial charge in [0, 0.05) is 6.54 Å². The van der Waals surface area contributed by atoms with Gasteiger partial charge in [0.2, 0.25) is 0 Å². The van der Waals surface area contributed by atoms with E-state index in [2.05, 4.69) is 0 Å². The minimum Gasteiger partial charge on any atom is -0.463 e. The summed E-state index contributed by atoms with van der Waals surface area (Å²) in [6.45, 7) is 0.900. The van der Waals surface area contributed by atoms with Gasteiger partial charge >= 0.3 is 5.97 Å². The molecule has 1 rings (SSSR count). The number of nitriles is 1. The SMILES string of the molecule is N#CCCOC(=O)[C@@H]1CCCN1N. The summed E-state index contributed by atoms with van der Waals surface area (Å²) < 4.78 is 4.85. The Kier molecular flexibility index (Phi) is 3.68. The zero-order valence-electron chi connectivity index (χ0n) is 7.40. The number of nitrogens with zero attached hydrogens (tertiary/aromatic N) is 2. The van der Waals surface area contributed by atoms with Crippen molar-refractivity contribution in [1.82, 2.24) is 5.01 Å². The highest BCUT2D eigenvalue weighted by atomic mass is 16.5. The van der Waals surface area contributed by atoms with Crippen LogP contribution in [0, 0.1) is 11.3 Å². The predicted octanol–water partition coefficient (Wildman–Crippen LogP) is -0.219. The van der Waals surface area contributed by atoms with Crippen molar-refractivity contribution >= 4 is 5.97 Å². The number of carbonyl (C=O) groups is 1. The van der Waals surface area contributed by atoms with Crippen LogP contribution < -0.4 is 5.84 Å². The van der Waals surface area contributed by atoms with E-state index in [1.807, 2.05) is 6.07 Å². The van der Waals surface area contributed by atoms with Crippen molar-refractivity contribution in [3.05, 3.63) is 0 Å². The van der Waals surface area contributed by atoms with E-state index in [0.29, 0.717) is 0 Å². The molecule has 5 heteroatoms. The average Bonchev–Trinajstić information content (AvgIpc) is 2.52. The van der Waals surface area contributed by atoms with E-state index in [0.717, 1.165) is 19.4 Å². The molecule has 0 aromatic heterocycles. The molecule has 0 spiro atoms. The summed E-state index contributed by atoms with van der Waals surface area (Å²) in [5, 5.41) is 9.71. The van der Waals surface area contributed by atoms with E-state index < -0.39 is 0 Å². The molecule has 1 fully saturated rings. The molecule has 0 aromatic carbocycles. The van der Waals surface area contributed by atoms with Crippen molar-refractivity contribution in [3.63, 3.8) is 0 Å². The van der Waals surface area contributed by atoms with Crippen LogP contribution in [-0.4, -0.2) is 30.2 Å². The first-order valence-corrected chi connectivity index (χ1v) is 4.30. The van der Waals surface area contributed by atoms with Gasteiger partial charge in [-0.15, -0.1) is 0 Å². The van der Waals surface area contributed by atoms with E-state index in [9.17, 15) is 4.79 Å². The van der Waals surface area contributed by atoms with Crippen LogP contribution in [0.5, 0.6) is 0 Å². The maximum Gasteiger partial charge on any atom is 0.324 e. The summed E-state index contributed by atoms with van der Waals surface area (Å²) >= 11 is 0. The lowest BCUT2D eigenvalue weighted by molar-refractivity contribution is -0.148. The van der Waals surface area contributed by atoms with Crippen LogP contribution in [0.4, 0.5) is 0 Å². The topological polar surface area (TPSA) is 79.3 Å². The van der Waals surface area contributed by atoms with Crippen LogP contribution >= 0.6 is 0 Å². The fourth-order valence-corrected chi connectivity index (χ4v) is 1.34. The number of hydrogen-bond acceptors (Lipinski definition) is 5. The van der Waals surface area contributed by atoms with Gasteiger partial charge in [0.15, 0.2) is 0 Å². The average molecular weight is 183 g/mol. The summed E-state index contributed by atoms with van der Waals surface area (Å²) in [5.41, 5.74) is 0. The molecule has 0 saturated carbocycles. The van der Waals surface area contributed by atoms with Gasteiger partial charge in [-0.1, -0.05) is 0 Å². The molecule has 0 radical (unpaired) electrons. The maximum absolute atomic E-state index is 11.3. The standard InChI is InChI=1S/C8H13N3O2/c9-4-2-6-13-8(12)7-3-1-5-11(7)10/h7H,1-3,5-6,10H2/t7-/m0/s1. The third kappa shape index (κ3) is 2.68. The molecule has 13 heavy (non-hydrogen) atoms. The largest absolute Gasteiger partial charge is 0.463 e. The highest BCUT2D eigenvalue weighted by molar-refractivity contribution is 5.76. The minimum atomic E-state index is -0.310. The lowest BCUT2D eigenvalue weighted by atomic mass is 10.2.